The molecule has 1 amide bonds. The van der Waals surface area contributed by atoms with Crippen molar-refractivity contribution < 1.29 is 22.7 Å². The van der Waals surface area contributed by atoms with Crippen molar-refractivity contribution in [3.8, 4) is 0 Å². The van der Waals surface area contributed by atoms with Gasteiger partial charge in [0.05, 0.1) is 12.1 Å². The molecule has 0 spiro atoms. The first kappa shape index (κ1) is 16.2. The van der Waals surface area contributed by atoms with E-state index in [1.807, 2.05) is 18.2 Å². The van der Waals surface area contributed by atoms with Gasteiger partial charge in [0.25, 0.3) is 5.91 Å². The Morgan fingerprint density at radius 3 is 2.73 bits per heavy atom. The summed E-state index contributed by atoms with van der Waals surface area (Å²) in [5.74, 6) is -0.450. The van der Waals surface area contributed by atoms with Crippen molar-refractivity contribution in [1.82, 2.24) is 10.3 Å². The van der Waals surface area contributed by atoms with Crippen molar-refractivity contribution in [3.05, 3.63) is 42.1 Å². The van der Waals surface area contributed by atoms with Crippen LogP contribution in [-0.4, -0.2) is 36.3 Å². The average molecular weight is 312 g/mol. The highest BCUT2D eigenvalue weighted by Crippen LogP contribution is 2.14. The first-order valence-electron chi connectivity index (χ1n) is 6.66. The Morgan fingerprint density at radius 1 is 1.27 bits per heavy atom. The van der Waals surface area contributed by atoms with E-state index in [1.54, 1.807) is 25.1 Å². The summed E-state index contributed by atoms with van der Waals surface area (Å²) in [7, 11) is 0. The van der Waals surface area contributed by atoms with E-state index in [1.165, 1.54) is 0 Å². The van der Waals surface area contributed by atoms with Crippen LogP contribution in [0.1, 0.15) is 17.4 Å². The molecule has 0 saturated carbocycles. The molecule has 1 unspecified atom stereocenters. The summed E-state index contributed by atoms with van der Waals surface area (Å²) in [4.78, 5) is 16.2. The fraction of sp³-hybridized carbons (Fsp3) is 0.333. The summed E-state index contributed by atoms with van der Waals surface area (Å²) in [6.07, 6.45) is -4.37. The van der Waals surface area contributed by atoms with E-state index in [0.29, 0.717) is 5.52 Å². The molecule has 1 aromatic carbocycles. The van der Waals surface area contributed by atoms with Gasteiger partial charge in [0.2, 0.25) is 0 Å². The van der Waals surface area contributed by atoms with Crippen LogP contribution < -0.4 is 5.32 Å². The molecule has 0 saturated heterocycles. The van der Waals surface area contributed by atoms with Crippen LogP contribution in [0.5, 0.6) is 0 Å². The smallest absolute Gasteiger partial charge is 0.370 e. The summed E-state index contributed by atoms with van der Waals surface area (Å²) in [6, 6.07) is 10.1. The summed E-state index contributed by atoms with van der Waals surface area (Å²) in [6.45, 7) is 0.00951. The number of rotatable bonds is 5. The molecule has 22 heavy (non-hydrogen) atoms. The first-order valence-corrected chi connectivity index (χ1v) is 6.66. The molecule has 118 valence electrons. The van der Waals surface area contributed by atoms with Crippen molar-refractivity contribution >= 4 is 16.8 Å². The normalized spacial score (nSPS) is 13.1. The lowest BCUT2D eigenvalue weighted by Crippen LogP contribution is -2.37. The molecule has 0 radical (unpaired) electrons. The lowest BCUT2D eigenvalue weighted by molar-refractivity contribution is -0.174. The van der Waals surface area contributed by atoms with E-state index in [-0.39, 0.29) is 12.3 Å². The minimum Gasteiger partial charge on any atom is -0.370 e. The van der Waals surface area contributed by atoms with Gasteiger partial charge in [0.1, 0.15) is 12.3 Å². The number of nitrogens with zero attached hydrogens (tertiary/aromatic N) is 1. The maximum atomic E-state index is 12.0. The lowest BCUT2D eigenvalue weighted by atomic mass is 10.2. The third-order valence-corrected chi connectivity index (χ3v) is 2.84. The lowest BCUT2D eigenvalue weighted by Gasteiger charge is -2.15. The van der Waals surface area contributed by atoms with Crippen molar-refractivity contribution in [3.63, 3.8) is 0 Å². The van der Waals surface area contributed by atoms with Gasteiger partial charge in [-0.1, -0.05) is 24.3 Å². The van der Waals surface area contributed by atoms with Gasteiger partial charge in [0, 0.05) is 11.4 Å². The molecule has 1 heterocycles. The number of fused-ring (bicyclic) bond motifs is 1. The maximum Gasteiger partial charge on any atom is 0.411 e. The van der Waals surface area contributed by atoms with E-state index in [0.717, 1.165) is 5.39 Å². The van der Waals surface area contributed by atoms with E-state index in [2.05, 4.69) is 15.0 Å². The molecule has 0 aliphatic carbocycles. The van der Waals surface area contributed by atoms with Crippen molar-refractivity contribution in [2.24, 2.45) is 0 Å². The van der Waals surface area contributed by atoms with Gasteiger partial charge in [-0.2, -0.15) is 13.2 Å². The number of hydrogen-bond acceptors (Lipinski definition) is 3. The number of ether oxygens (including phenoxy) is 1. The van der Waals surface area contributed by atoms with E-state index in [9.17, 15) is 18.0 Å². The van der Waals surface area contributed by atoms with Crippen molar-refractivity contribution in [2.75, 3.05) is 13.2 Å². The zero-order valence-electron chi connectivity index (χ0n) is 11.9. The molecule has 0 fully saturated rings. The first-order chi connectivity index (χ1) is 10.3. The average Bonchev–Trinajstić information content (AvgIpc) is 2.45. The zero-order chi connectivity index (χ0) is 16.2. The van der Waals surface area contributed by atoms with Crippen LogP contribution in [0.4, 0.5) is 13.2 Å². The summed E-state index contributed by atoms with van der Waals surface area (Å²) >= 11 is 0. The third kappa shape index (κ3) is 4.70. The number of halogens is 3. The Balaban J connectivity index is 1.92. The van der Waals surface area contributed by atoms with Crippen molar-refractivity contribution in [2.45, 2.75) is 19.1 Å². The molecule has 0 aliphatic heterocycles. The monoisotopic (exact) mass is 312 g/mol. The van der Waals surface area contributed by atoms with Crippen LogP contribution in [-0.2, 0) is 4.74 Å². The van der Waals surface area contributed by atoms with Gasteiger partial charge in [-0.15, -0.1) is 0 Å². The maximum absolute atomic E-state index is 12.0. The Labute approximate surface area is 125 Å². The van der Waals surface area contributed by atoms with Gasteiger partial charge in [0.15, 0.2) is 0 Å². The van der Waals surface area contributed by atoms with Gasteiger partial charge in [-0.3, -0.25) is 4.79 Å². The predicted octanol–water partition coefficient (Wildman–Crippen LogP) is 2.93. The largest absolute Gasteiger partial charge is 0.411 e. The number of carbonyl (C=O) groups is 1. The molecule has 1 atom stereocenters. The molecule has 1 N–H and O–H groups in total. The Bertz CT molecular complexity index is 659. The number of alkyl halides is 3. The molecule has 7 heteroatoms. The minimum absolute atomic E-state index is 0.210. The molecule has 0 bridgehead atoms. The summed E-state index contributed by atoms with van der Waals surface area (Å²) < 4.78 is 40.4. The second kappa shape index (κ2) is 6.74. The fourth-order valence-corrected chi connectivity index (χ4v) is 1.88. The number of aromatic nitrogens is 1. The Kier molecular flexibility index (Phi) is 4.97. The Hall–Kier alpha value is -2.15. The van der Waals surface area contributed by atoms with Gasteiger partial charge in [-0.25, -0.2) is 4.98 Å². The van der Waals surface area contributed by atoms with Crippen LogP contribution in [0.25, 0.3) is 10.9 Å². The van der Waals surface area contributed by atoms with Gasteiger partial charge < -0.3 is 10.1 Å². The van der Waals surface area contributed by atoms with Crippen LogP contribution in [0.3, 0.4) is 0 Å². The molecule has 2 aromatic rings. The van der Waals surface area contributed by atoms with E-state index < -0.39 is 24.7 Å². The number of amides is 1. The van der Waals surface area contributed by atoms with Gasteiger partial charge >= 0.3 is 6.18 Å². The molecule has 1 aromatic heterocycles. The van der Waals surface area contributed by atoms with Crippen molar-refractivity contribution in [1.29, 1.82) is 0 Å². The molecule has 0 aliphatic rings. The molecular weight excluding hydrogens is 297 g/mol. The van der Waals surface area contributed by atoms with Crippen LogP contribution >= 0.6 is 0 Å². The second-order valence-electron chi connectivity index (χ2n) is 4.89. The summed E-state index contributed by atoms with van der Waals surface area (Å²) in [5, 5.41) is 3.46. The Morgan fingerprint density at radius 2 is 2.00 bits per heavy atom. The molecular formula is C15H15F3N2O2. The number of pyridine rings is 1. The zero-order valence-corrected chi connectivity index (χ0v) is 11.9. The quantitative estimate of drug-likeness (QED) is 0.923. The number of benzene rings is 1. The topological polar surface area (TPSA) is 51.2 Å². The minimum atomic E-state index is -4.37. The number of nitrogens with one attached hydrogen (secondary N) is 1. The van der Waals surface area contributed by atoms with E-state index >= 15 is 0 Å². The number of para-hydroxylation sites is 1. The van der Waals surface area contributed by atoms with Crippen LogP contribution in [0.2, 0.25) is 0 Å². The highest BCUT2D eigenvalue weighted by atomic mass is 19.4. The highest BCUT2D eigenvalue weighted by molar-refractivity contribution is 5.95. The molecule has 4 nitrogen and oxygen atoms in total. The summed E-state index contributed by atoms with van der Waals surface area (Å²) in [5.41, 5.74) is 0.887. The number of hydrogen-bond donors (Lipinski definition) is 1. The standard InChI is InChI=1S/C15H15F3N2O2/c1-10(8-22-9-15(16,17)18)19-14(21)13-7-6-11-4-2-3-5-12(11)20-13/h2-7,10H,8-9H2,1H3,(H,19,21). The SMILES string of the molecule is CC(COCC(F)(F)F)NC(=O)c1ccc2ccccc2n1. The fourth-order valence-electron chi connectivity index (χ4n) is 1.88. The predicted molar refractivity (Wildman–Crippen MR) is 75.5 cm³/mol. The van der Waals surface area contributed by atoms with Crippen LogP contribution in [0, 0.1) is 0 Å². The molecule has 2 rings (SSSR count). The highest BCUT2D eigenvalue weighted by Gasteiger charge is 2.27. The second-order valence-corrected chi connectivity index (χ2v) is 4.89. The third-order valence-electron chi connectivity index (χ3n) is 2.84. The van der Waals surface area contributed by atoms with E-state index in [4.69, 9.17) is 0 Å². The number of carbonyl (C=O) groups excluding carboxylic acids is 1. The van der Waals surface area contributed by atoms with Gasteiger partial charge in [-0.05, 0) is 19.1 Å². The van der Waals surface area contributed by atoms with Crippen LogP contribution in [0.15, 0.2) is 36.4 Å².